The Morgan fingerprint density at radius 3 is 2.21 bits per heavy atom. The minimum atomic E-state index is -0.973. The quantitative estimate of drug-likeness (QED) is 0.0848. The lowest BCUT2D eigenvalue weighted by Crippen LogP contribution is -2.66. The van der Waals surface area contributed by atoms with Gasteiger partial charge in [-0.1, -0.05) is 55.4 Å². The van der Waals surface area contributed by atoms with Gasteiger partial charge in [0, 0.05) is 50.9 Å². The van der Waals surface area contributed by atoms with Gasteiger partial charge in [0.05, 0.1) is 24.1 Å². The summed E-state index contributed by atoms with van der Waals surface area (Å²) in [5, 5.41) is 13.3. The molecule has 13 heteroatoms. The molecule has 16 atom stereocenters. The average molecular weight is 870 g/mol. The van der Waals surface area contributed by atoms with Gasteiger partial charge in [0.2, 0.25) is 0 Å². The molecule has 6 rings (SSSR count). The van der Waals surface area contributed by atoms with Crippen molar-refractivity contribution in [3.8, 4) is 0 Å². The highest BCUT2D eigenvalue weighted by Crippen LogP contribution is 2.76. The predicted octanol–water partition coefficient (Wildman–Crippen LogP) is 7.52. The number of ketones is 1. The van der Waals surface area contributed by atoms with Crippen LogP contribution in [0.25, 0.3) is 0 Å². The molecule has 0 radical (unpaired) electrons. The number of aliphatic hydroxyl groups is 1. The molecular formula is C49H79N3O10. The van der Waals surface area contributed by atoms with Crippen LogP contribution in [0.4, 0.5) is 0 Å². The molecule has 0 aromatic carbocycles. The lowest BCUT2D eigenvalue weighted by molar-refractivity contribution is -0.327. The fraction of sp³-hybridized carbons (Fsp3) is 0.857. The molecule has 13 nitrogen and oxygen atoms in total. The van der Waals surface area contributed by atoms with E-state index in [1.807, 2.05) is 13.8 Å². The molecule has 1 aromatic rings. The monoisotopic (exact) mass is 870 g/mol. The Kier molecular flexibility index (Phi) is 14.5. The zero-order chi connectivity index (χ0) is 45.6. The van der Waals surface area contributed by atoms with E-state index >= 15 is 0 Å². The summed E-state index contributed by atoms with van der Waals surface area (Å²) in [6.45, 7) is 25.2. The number of rotatable bonds is 16. The molecule has 5 aliphatic rings. The van der Waals surface area contributed by atoms with Crippen LogP contribution in [-0.4, -0.2) is 94.3 Å². The molecule has 350 valence electrons. The number of H-pyrrole nitrogens is 1. The molecule has 0 spiro atoms. The van der Waals surface area contributed by atoms with Crippen LogP contribution in [0.1, 0.15) is 153 Å². The molecule has 1 aliphatic heterocycles. The zero-order valence-electron chi connectivity index (χ0n) is 39.8. The van der Waals surface area contributed by atoms with E-state index in [4.69, 9.17) is 23.7 Å². The van der Waals surface area contributed by atoms with Crippen LogP contribution in [0.5, 0.6) is 0 Å². The summed E-state index contributed by atoms with van der Waals surface area (Å²) in [4.78, 5) is 58.4. The molecule has 4 aliphatic carbocycles. The molecule has 0 amide bonds. The minimum Gasteiger partial charge on any atom is -0.462 e. The van der Waals surface area contributed by atoms with Gasteiger partial charge in [-0.25, -0.2) is 4.98 Å². The Balaban J connectivity index is 1.38. The van der Waals surface area contributed by atoms with Crippen LogP contribution in [-0.2, 0) is 49.3 Å². The van der Waals surface area contributed by atoms with Gasteiger partial charge in [-0.2, -0.15) is 0 Å². The third-order valence-electron chi connectivity index (χ3n) is 18.2. The molecule has 0 bridgehead atoms. The van der Waals surface area contributed by atoms with Crippen molar-refractivity contribution in [1.29, 1.82) is 0 Å². The molecule has 4 saturated carbocycles. The molecule has 2 heterocycles. The fourth-order valence-corrected chi connectivity index (χ4v) is 14.5. The number of hydrogen-bond donors (Lipinski definition) is 3. The Hall–Kier alpha value is -2.87. The van der Waals surface area contributed by atoms with Crippen molar-refractivity contribution >= 4 is 23.7 Å². The smallest absolute Gasteiger partial charge is 0.303 e. The lowest BCUT2D eigenvalue weighted by Gasteiger charge is -2.71. The Labute approximate surface area is 370 Å². The van der Waals surface area contributed by atoms with E-state index in [2.05, 4.69) is 63.8 Å². The van der Waals surface area contributed by atoms with E-state index in [-0.39, 0.29) is 51.4 Å². The maximum absolute atomic E-state index is 13.2. The van der Waals surface area contributed by atoms with Crippen LogP contribution in [0.15, 0.2) is 12.5 Å². The van der Waals surface area contributed by atoms with Crippen molar-refractivity contribution in [2.75, 3.05) is 13.2 Å². The molecule has 3 N–H and O–H groups in total. The number of fused-ring (bicyclic) bond motifs is 5. The summed E-state index contributed by atoms with van der Waals surface area (Å²) in [5.74, 6) is -0.451. The van der Waals surface area contributed by atoms with Gasteiger partial charge in [-0.15, -0.1) is 0 Å². The van der Waals surface area contributed by atoms with Crippen molar-refractivity contribution in [3.05, 3.63) is 18.2 Å². The van der Waals surface area contributed by atoms with E-state index in [1.54, 1.807) is 12.5 Å². The first kappa shape index (κ1) is 48.6. The summed E-state index contributed by atoms with van der Waals surface area (Å²) in [7, 11) is 0. The highest BCUT2D eigenvalue weighted by molar-refractivity contribution is 5.85. The van der Waals surface area contributed by atoms with Gasteiger partial charge >= 0.3 is 17.9 Å². The first-order valence-corrected chi connectivity index (χ1v) is 23.7. The van der Waals surface area contributed by atoms with Gasteiger partial charge in [0.25, 0.3) is 0 Å². The summed E-state index contributed by atoms with van der Waals surface area (Å²) < 4.78 is 32.6. The number of ether oxygens (including phenoxy) is 5. The number of hydrogen-bond acceptors (Lipinski definition) is 12. The Morgan fingerprint density at radius 2 is 1.60 bits per heavy atom. The topological polar surface area (TPSA) is 175 Å². The van der Waals surface area contributed by atoms with Crippen LogP contribution in [0.3, 0.4) is 0 Å². The Morgan fingerprint density at radius 1 is 0.935 bits per heavy atom. The second-order valence-corrected chi connectivity index (χ2v) is 21.7. The molecule has 62 heavy (non-hydrogen) atoms. The van der Waals surface area contributed by atoms with Crippen molar-refractivity contribution in [2.45, 2.75) is 196 Å². The second kappa shape index (κ2) is 18.6. The third-order valence-corrected chi connectivity index (χ3v) is 18.2. The first-order chi connectivity index (χ1) is 29.1. The van der Waals surface area contributed by atoms with Crippen molar-refractivity contribution in [3.63, 3.8) is 0 Å². The fourth-order valence-electron chi connectivity index (χ4n) is 14.5. The van der Waals surface area contributed by atoms with Gasteiger partial charge in [0.1, 0.15) is 18.8 Å². The van der Waals surface area contributed by atoms with E-state index in [9.17, 15) is 24.3 Å². The van der Waals surface area contributed by atoms with Gasteiger partial charge in [0.15, 0.2) is 18.2 Å². The summed E-state index contributed by atoms with van der Waals surface area (Å²) in [6.07, 6.45) is 9.25. The van der Waals surface area contributed by atoms with Crippen molar-refractivity contribution < 1.29 is 48.0 Å². The summed E-state index contributed by atoms with van der Waals surface area (Å²) >= 11 is 0. The maximum atomic E-state index is 13.2. The van der Waals surface area contributed by atoms with Crippen LogP contribution in [0.2, 0.25) is 0 Å². The van der Waals surface area contributed by atoms with E-state index < -0.39 is 60.7 Å². The molecule has 4 unspecified atom stereocenters. The summed E-state index contributed by atoms with van der Waals surface area (Å²) in [6, 6.07) is -0.616. The van der Waals surface area contributed by atoms with Crippen LogP contribution in [0, 0.1) is 57.2 Å². The normalized spacial score (nSPS) is 40.2. The summed E-state index contributed by atoms with van der Waals surface area (Å²) in [5.41, 5.74) is 0.0180. The van der Waals surface area contributed by atoms with Crippen molar-refractivity contribution in [1.82, 2.24) is 15.3 Å². The molecule has 1 aromatic heterocycles. The molecule has 5 fully saturated rings. The van der Waals surface area contributed by atoms with Crippen molar-refractivity contribution in [2.24, 2.45) is 57.2 Å². The number of aromatic nitrogens is 2. The van der Waals surface area contributed by atoms with Gasteiger partial charge in [-0.3, -0.25) is 19.2 Å². The number of aromatic amines is 1. The SMILES string of the molecule is CC[C@H]1O[C@H](O[C@@](C)(CCCN[C@@H](Cc2cnc[nH]2)C(=O)CO)C2CC[C@]3(C)[C@@H]2C(OC(C)=O)CC2[C@@]4(C)CC[C@H](C)C(C)(C)C4CC[C@]23C)[C@H](OC(C)=O)[C@@H](C)[C@@H]1OC(C)=O. The van der Waals surface area contributed by atoms with E-state index in [0.717, 1.165) is 31.4 Å². The number of nitrogens with zero attached hydrogens (tertiary/aromatic N) is 1. The van der Waals surface area contributed by atoms with Gasteiger partial charge < -0.3 is 39.1 Å². The maximum Gasteiger partial charge on any atom is 0.303 e. The largest absolute Gasteiger partial charge is 0.462 e. The number of aliphatic hydroxyl groups excluding tert-OH is 1. The zero-order valence-corrected chi connectivity index (χ0v) is 39.8. The number of carbonyl (C=O) groups is 4. The number of esters is 3. The minimum absolute atomic E-state index is 0.0152. The number of Topliss-reactive ketones (excluding diaryl/α,β-unsaturated/α-hetero) is 1. The third kappa shape index (κ3) is 8.91. The van der Waals surface area contributed by atoms with E-state index in [1.165, 1.54) is 40.0 Å². The van der Waals surface area contributed by atoms with E-state index in [0.29, 0.717) is 50.0 Å². The number of carbonyl (C=O) groups excluding carboxylic acids is 4. The predicted molar refractivity (Wildman–Crippen MR) is 233 cm³/mol. The Bertz CT molecular complexity index is 1750. The average Bonchev–Trinajstić information content (AvgIpc) is 3.86. The lowest BCUT2D eigenvalue weighted by atomic mass is 9.34. The number of nitrogens with one attached hydrogen (secondary N) is 2. The standard InChI is InChI=1S/C49H79N3O10/c1-13-37-42(59-31(5)55)29(3)43(60-32(6)56)44(61-37)62-49(12,18-14-22-51-35(36(57)26-53)23-33-25-50-27-52-33)34-16-20-48(11)41(34)38(58-30(4)54)24-40-46(9)19-15-28(2)45(7,8)39(46)17-21-47(40,48)10/h25,27-29,34-35,37-44,51,53H,13-24,26H2,1-12H3,(H,50,52)/t28-,29-,34?,35-,37+,38?,39?,40?,41-,42-,43+,44+,46-,47+,48+,49-/m0/s1. The van der Waals surface area contributed by atoms with Crippen LogP contribution < -0.4 is 5.32 Å². The highest BCUT2D eigenvalue weighted by atomic mass is 16.7. The molecular weight excluding hydrogens is 791 g/mol. The van der Waals surface area contributed by atoms with Crippen LogP contribution >= 0.6 is 0 Å². The van der Waals surface area contributed by atoms with Gasteiger partial charge in [-0.05, 0) is 123 Å². The number of imidazole rings is 1. The second-order valence-electron chi connectivity index (χ2n) is 21.7. The highest BCUT2D eigenvalue weighted by Gasteiger charge is 2.72. The first-order valence-electron chi connectivity index (χ1n) is 23.7. The molecule has 1 saturated heterocycles.